The molecule has 0 saturated carbocycles. The van der Waals surface area contributed by atoms with Crippen LogP contribution in [0.2, 0.25) is 0 Å². The maximum absolute atomic E-state index is 7.75. The fraction of sp³-hybridized carbons (Fsp3) is 1.00. The van der Waals surface area contributed by atoms with E-state index in [-0.39, 0.29) is 50.2 Å². The molecule has 0 radical (unpaired) electrons. The van der Waals surface area contributed by atoms with Gasteiger partial charge in [-0.3, -0.25) is 0 Å². The summed E-state index contributed by atoms with van der Waals surface area (Å²) in [6, 6.07) is 0. The first-order valence-electron chi connectivity index (χ1n) is 1.22. The monoisotopic (exact) mass is 181 g/mol. The van der Waals surface area contributed by atoms with Gasteiger partial charge in [-0.15, -0.1) is 0 Å². The van der Waals surface area contributed by atoms with Crippen LogP contribution >= 0.6 is 0 Å². The summed E-state index contributed by atoms with van der Waals surface area (Å²) in [4.78, 5) is 0. The van der Waals surface area contributed by atoms with Gasteiger partial charge in [0.25, 0.3) is 0 Å². The summed E-state index contributed by atoms with van der Waals surface area (Å²) in [5.41, 5.74) is 4.78. The molecule has 9 heavy (non-hydrogen) atoms. The number of rotatable bonds is 1. The number of aliphatic hydroxyl groups is 1. The fourth-order valence-corrected chi connectivity index (χ4v) is 0. The Hall–Kier alpha value is 0.474. The van der Waals surface area contributed by atoms with Crippen molar-refractivity contribution < 1.29 is 48.7 Å². The molecule has 0 aliphatic carbocycles. The van der Waals surface area contributed by atoms with Crippen molar-refractivity contribution in [3.05, 3.63) is 0 Å². The summed E-state index contributed by atoms with van der Waals surface area (Å²) in [7, 11) is 0. The van der Waals surface area contributed by atoms with E-state index >= 15 is 0 Å². The molecule has 0 aromatic carbocycles. The summed E-state index contributed by atoms with van der Waals surface area (Å²) in [6.45, 7) is 0.472. The van der Waals surface area contributed by atoms with E-state index < -0.39 is 0 Å². The normalized spacial score (nSPS) is 3.33. The Balaban J connectivity index is -0.00000000450. The molecule has 0 atom stereocenters. The van der Waals surface area contributed by atoms with E-state index in [4.69, 9.17) is 10.8 Å². The van der Waals surface area contributed by atoms with Crippen molar-refractivity contribution in [2.75, 3.05) is 13.2 Å². The molecule has 0 aromatic rings. The minimum atomic E-state index is 0. The average molecular weight is 181 g/mol. The molecule has 0 saturated heterocycles. The van der Waals surface area contributed by atoms with E-state index in [2.05, 4.69) is 0 Å². The van der Waals surface area contributed by atoms with Crippen LogP contribution in [0.5, 0.6) is 0 Å². The Morgan fingerprint density at radius 3 is 1.11 bits per heavy atom. The maximum atomic E-state index is 7.75. The topological polar surface area (TPSA) is 172 Å². The molecule has 0 spiro atoms. The summed E-state index contributed by atoms with van der Waals surface area (Å²) in [6.07, 6.45) is 0. The largest absolute Gasteiger partial charge is 0.412 e. The molecule has 0 fully saturated rings. The minimum absolute atomic E-state index is 0. The molecule has 6 nitrogen and oxygen atoms in total. The van der Waals surface area contributed by atoms with Gasteiger partial charge in [-0.25, -0.2) is 0 Å². The van der Waals surface area contributed by atoms with Gasteiger partial charge in [0, 0.05) is 28.3 Å². The van der Waals surface area contributed by atoms with Gasteiger partial charge in [0.2, 0.25) is 0 Å². The first kappa shape index (κ1) is 56.4. The molecule has 0 rings (SSSR count). The molecule has 11 N–H and O–H groups in total. The number of aliphatic hydroxyl groups excluding tert-OH is 1. The van der Waals surface area contributed by atoms with E-state index in [0.29, 0.717) is 6.54 Å². The zero-order valence-electron chi connectivity index (χ0n) is 4.94. The Labute approximate surface area is 68.2 Å². The van der Waals surface area contributed by atoms with Crippen LogP contribution in [0.4, 0.5) is 0 Å². The second kappa shape index (κ2) is 77.3. The molecule has 0 bridgehead atoms. The number of hydrogen-bond acceptors (Lipinski definition) is 2. The first-order valence-corrected chi connectivity index (χ1v) is 1.22. The molecule has 0 aliphatic rings. The van der Waals surface area contributed by atoms with Crippen LogP contribution in [-0.2, 0) is 21.7 Å². The zero-order valence-corrected chi connectivity index (χ0v) is 6.50. The minimum Gasteiger partial charge on any atom is -0.412 e. The molecule has 0 amide bonds. The van der Waals surface area contributed by atoms with E-state index in [1.807, 2.05) is 0 Å². The van der Waals surface area contributed by atoms with Crippen molar-refractivity contribution in [2.45, 2.75) is 0 Å². The van der Waals surface area contributed by atoms with Crippen molar-refractivity contribution in [1.82, 2.24) is 0 Å². The quantitative estimate of drug-likeness (QED) is 0.389. The molecular formula is C2H15NO5Ti. The molecular weight excluding hydrogens is 166 g/mol. The van der Waals surface area contributed by atoms with Gasteiger partial charge >= 0.3 is 0 Å². The van der Waals surface area contributed by atoms with E-state index in [1.54, 1.807) is 0 Å². The summed E-state index contributed by atoms with van der Waals surface area (Å²) in [5, 5.41) is 7.75. The van der Waals surface area contributed by atoms with Gasteiger partial charge in [0.15, 0.2) is 0 Å². The predicted molar refractivity (Wildman–Crippen MR) is 30.6 cm³/mol. The van der Waals surface area contributed by atoms with Crippen LogP contribution in [0.25, 0.3) is 0 Å². The fourth-order valence-electron chi connectivity index (χ4n) is 0. The third-order valence-electron chi connectivity index (χ3n) is 0.129. The Morgan fingerprint density at radius 2 is 1.11 bits per heavy atom. The smallest absolute Gasteiger partial charge is 0.0553 e. The third kappa shape index (κ3) is 163. The average Bonchev–Trinajstić information content (AvgIpc) is 1.37. The molecule has 0 heterocycles. The van der Waals surface area contributed by atoms with Crippen LogP contribution in [0.1, 0.15) is 0 Å². The number of hydrogen-bond donors (Lipinski definition) is 2. The summed E-state index contributed by atoms with van der Waals surface area (Å²) in [5.74, 6) is 0. The van der Waals surface area contributed by atoms with Crippen molar-refractivity contribution in [3.63, 3.8) is 0 Å². The maximum Gasteiger partial charge on any atom is 0.0553 e. The van der Waals surface area contributed by atoms with Gasteiger partial charge in [-0.05, 0) is 0 Å². The van der Waals surface area contributed by atoms with Gasteiger partial charge in [0.1, 0.15) is 0 Å². The van der Waals surface area contributed by atoms with Crippen LogP contribution in [0.3, 0.4) is 0 Å². The summed E-state index contributed by atoms with van der Waals surface area (Å²) < 4.78 is 0. The van der Waals surface area contributed by atoms with E-state index in [1.165, 1.54) is 0 Å². The molecule has 0 aliphatic heterocycles. The molecule has 0 unspecified atom stereocenters. The van der Waals surface area contributed by atoms with E-state index in [9.17, 15) is 0 Å². The van der Waals surface area contributed by atoms with Gasteiger partial charge in [0.05, 0.1) is 6.61 Å². The van der Waals surface area contributed by atoms with Crippen molar-refractivity contribution >= 4 is 0 Å². The second-order valence-electron chi connectivity index (χ2n) is 0.512. The van der Waals surface area contributed by atoms with Crippen LogP contribution < -0.4 is 5.73 Å². The first-order chi connectivity index (χ1) is 1.91. The Bertz CT molecular complexity index is 16.9. The molecule has 62 valence electrons. The second-order valence-corrected chi connectivity index (χ2v) is 0.512. The van der Waals surface area contributed by atoms with Crippen LogP contribution in [-0.4, -0.2) is 40.2 Å². The SMILES string of the molecule is NCCO.O.O.O.O.[Ti]. The standard InChI is InChI=1S/C2H7NO.4H2O.Ti/c3-1-2-4;;;;;/h4H,1-3H2;4*1H2;. The van der Waals surface area contributed by atoms with E-state index in [0.717, 1.165) is 0 Å². The van der Waals surface area contributed by atoms with Gasteiger partial charge in [-0.2, -0.15) is 0 Å². The van der Waals surface area contributed by atoms with Crippen LogP contribution in [0.15, 0.2) is 0 Å². The Morgan fingerprint density at radius 1 is 1.00 bits per heavy atom. The zero-order chi connectivity index (χ0) is 3.41. The molecule has 0 aromatic heterocycles. The van der Waals surface area contributed by atoms with Crippen molar-refractivity contribution in [2.24, 2.45) is 5.73 Å². The van der Waals surface area contributed by atoms with Gasteiger partial charge in [-0.1, -0.05) is 0 Å². The van der Waals surface area contributed by atoms with Crippen molar-refractivity contribution in [1.29, 1.82) is 0 Å². The third-order valence-corrected chi connectivity index (χ3v) is 0.129. The number of nitrogens with two attached hydrogens (primary N) is 1. The van der Waals surface area contributed by atoms with Crippen molar-refractivity contribution in [3.8, 4) is 0 Å². The van der Waals surface area contributed by atoms with Gasteiger partial charge < -0.3 is 32.7 Å². The summed E-state index contributed by atoms with van der Waals surface area (Å²) >= 11 is 0. The molecule has 7 heteroatoms. The Kier molecular flexibility index (Phi) is 484. The van der Waals surface area contributed by atoms with Crippen LogP contribution in [0, 0.1) is 0 Å². The predicted octanol–water partition coefficient (Wildman–Crippen LogP) is -4.36.